The Hall–Kier alpha value is -2.14. The second-order valence-corrected chi connectivity index (χ2v) is 3.76. The summed E-state index contributed by atoms with van der Waals surface area (Å²) < 4.78 is 5.64. The maximum atomic E-state index is 5.64. The molecule has 2 aromatic rings. The zero-order valence-electron chi connectivity index (χ0n) is 9.77. The molecule has 0 radical (unpaired) electrons. The van der Waals surface area contributed by atoms with Gasteiger partial charge in [0.1, 0.15) is 5.75 Å². The molecule has 5 heteroatoms. The second-order valence-electron chi connectivity index (χ2n) is 3.76. The Morgan fingerprint density at radius 2 is 2.06 bits per heavy atom. The average molecular weight is 230 g/mol. The fourth-order valence-electron chi connectivity index (χ4n) is 1.49. The van der Waals surface area contributed by atoms with Crippen LogP contribution in [0.2, 0.25) is 0 Å². The number of nitrogens with two attached hydrogens (primary N) is 1. The van der Waals surface area contributed by atoms with Crippen LogP contribution in [0.1, 0.15) is 11.1 Å². The molecule has 1 aromatic heterocycles. The van der Waals surface area contributed by atoms with Gasteiger partial charge in [-0.25, -0.2) is 5.84 Å². The first-order valence-electron chi connectivity index (χ1n) is 5.23. The Kier molecular flexibility index (Phi) is 3.20. The Balaban J connectivity index is 2.25. The van der Waals surface area contributed by atoms with Crippen LogP contribution in [-0.2, 0) is 0 Å². The first-order valence-corrected chi connectivity index (χ1v) is 5.23. The molecule has 5 nitrogen and oxygen atoms in total. The van der Waals surface area contributed by atoms with Crippen LogP contribution in [0.5, 0.6) is 11.6 Å². The van der Waals surface area contributed by atoms with Gasteiger partial charge in [0.25, 0.3) is 0 Å². The van der Waals surface area contributed by atoms with E-state index in [2.05, 4.69) is 15.4 Å². The van der Waals surface area contributed by atoms with Crippen molar-refractivity contribution >= 4 is 5.82 Å². The third-order valence-electron chi connectivity index (χ3n) is 2.31. The number of aryl methyl sites for hydroxylation is 2. The highest BCUT2D eigenvalue weighted by Gasteiger charge is 2.03. The number of hydrogen-bond donors (Lipinski definition) is 2. The molecule has 88 valence electrons. The SMILES string of the molecule is Cc1ccc(Oc2cncc(NN)n2)c(C)c1. The van der Waals surface area contributed by atoms with E-state index < -0.39 is 0 Å². The van der Waals surface area contributed by atoms with Gasteiger partial charge in [0.15, 0.2) is 5.82 Å². The number of nitrogens with zero attached hydrogens (tertiary/aromatic N) is 2. The highest BCUT2D eigenvalue weighted by Crippen LogP contribution is 2.24. The van der Waals surface area contributed by atoms with E-state index in [4.69, 9.17) is 10.6 Å². The molecule has 0 aliphatic rings. The molecule has 0 bridgehead atoms. The number of nitrogen functional groups attached to an aromatic ring is 1. The molecule has 0 amide bonds. The van der Waals surface area contributed by atoms with E-state index in [1.165, 1.54) is 11.8 Å². The van der Waals surface area contributed by atoms with E-state index in [1.54, 1.807) is 6.20 Å². The molecule has 17 heavy (non-hydrogen) atoms. The Morgan fingerprint density at radius 3 is 2.76 bits per heavy atom. The van der Waals surface area contributed by atoms with Gasteiger partial charge >= 0.3 is 0 Å². The maximum absolute atomic E-state index is 5.64. The lowest BCUT2D eigenvalue weighted by molar-refractivity contribution is 0.457. The zero-order valence-corrected chi connectivity index (χ0v) is 9.77. The van der Waals surface area contributed by atoms with Gasteiger partial charge in [-0.05, 0) is 25.5 Å². The molecule has 0 aliphatic carbocycles. The summed E-state index contributed by atoms with van der Waals surface area (Å²) in [7, 11) is 0. The van der Waals surface area contributed by atoms with Gasteiger partial charge in [0.2, 0.25) is 5.88 Å². The van der Waals surface area contributed by atoms with Gasteiger partial charge in [-0.15, -0.1) is 0 Å². The molecule has 0 aliphatic heterocycles. The molecule has 3 N–H and O–H groups in total. The van der Waals surface area contributed by atoms with E-state index in [1.807, 2.05) is 32.0 Å². The summed E-state index contributed by atoms with van der Waals surface area (Å²) in [5, 5.41) is 0. The minimum Gasteiger partial charge on any atom is -0.437 e. The number of nitrogens with one attached hydrogen (secondary N) is 1. The third-order valence-corrected chi connectivity index (χ3v) is 2.31. The molecular formula is C12H14N4O. The fraction of sp³-hybridized carbons (Fsp3) is 0.167. The molecule has 0 spiro atoms. The van der Waals surface area contributed by atoms with Gasteiger partial charge in [-0.2, -0.15) is 4.98 Å². The number of anilines is 1. The first kappa shape index (κ1) is 11.3. The maximum Gasteiger partial charge on any atom is 0.239 e. The second kappa shape index (κ2) is 4.80. The number of aromatic nitrogens is 2. The molecular weight excluding hydrogens is 216 g/mol. The van der Waals surface area contributed by atoms with Crippen molar-refractivity contribution in [3.05, 3.63) is 41.7 Å². The number of rotatable bonds is 3. The van der Waals surface area contributed by atoms with Crippen molar-refractivity contribution in [3.63, 3.8) is 0 Å². The number of ether oxygens (including phenoxy) is 1. The van der Waals surface area contributed by atoms with Crippen molar-refractivity contribution in [2.75, 3.05) is 5.43 Å². The van der Waals surface area contributed by atoms with Crippen LogP contribution < -0.4 is 16.0 Å². The highest BCUT2D eigenvalue weighted by atomic mass is 16.5. The summed E-state index contributed by atoms with van der Waals surface area (Å²) >= 11 is 0. The lowest BCUT2D eigenvalue weighted by atomic mass is 10.1. The van der Waals surface area contributed by atoms with Crippen molar-refractivity contribution in [2.45, 2.75) is 13.8 Å². The summed E-state index contributed by atoms with van der Waals surface area (Å²) in [6, 6.07) is 5.95. The monoisotopic (exact) mass is 230 g/mol. The normalized spacial score (nSPS) is 10.1. The topological polar surface area (TPSA) is 73.1 Å². The van der Waals surface area contributed by atoms with Crippen molar-refractivity contribution in [2.24, 2.45) is 5.84 Å². The van der Waals surface area contributed by atoms with Crippen molar-refractivity contribution in [3.8, 4) is 11.6 Å². The summed E-state index contributed by atoms with van der Waals surface area (Å²) in [6.07, 6.45) is 3.06. The van der Waals surface area contributed by atoms with Crippen LogP contribution in [0.25, 0.3) is 0 Å². The van der Waals surface area contributed by atoms with E-state index in [0.29, 0.717) is 11.7 Å². The van der Waals surface area contributed by atoms with Crippen molar-refractivity contribution in [1.29, 1.82) is 0 Å². The molecule has 1 aromatic carbocycles. The van der Waals surface area contributed by atoms with Crippen molar-refractivity contribution in [1.82, 2.24) is 9.97 Å². The zero-order chi connectivity index (χ0) is 12.3. The summed E-state index contributed by atoms with van der Waals surface area (Å²) in [4.78, 5) is 8.10. The fourth-order valence-corrected chi connectivity index (χ4v) is 1.49. The van der Waals surface area contributed by atoms with Crippen LogP contribution in [0.15, 0.2) is 30.6 Å². The Morgan fingerprint density at radius 1 is 1.24 bits per heavy atom. The highest BCUT2D eigenvalue weighted by molar-refractivity contribution is 5.39. The van der Waals surface area contributed by atoms with Crippen LogP contribution in [0.4, 0.5) is 5.82 Å². The molecule has 0 saturated carbocycles. The summed E-state index contributed by atoms with van der Waals surface area (Å²) in [5.41, 5.74) is 4.67. The minimum absolute atomic E-state index is 0.410. The van der Waals surface area contributed by atoms with Gasteiger partial charge in [-0.1, -0.05) is 17.7 Å². The first-order chi connectivity index (χ1) is 8.19. The minimum atomic E-state index is 0.410. The average Bonchev–Trinajstić information content (AvgIpc) is 2.33. The van der Waals surface area contributed by atoms with Crippen LogP contribution in [0.3, 0.4) is 0 Å². The molecule has 0 saturated heterocycles. The summed E-state index contributed by atoms with van der Waals surface area (Å²) in [5.74, 6) is 6.89. The van der Waals surface area contributed by atoms with Gasteiger partial charge < -0.3 is 10.2 Å². The van der Waals surface area contributed by atoms with Gasteiger partial charge in [-0.3, -0.25) is 4.98 Å². The molecule has 2 rings (SSSR count). The predicted molar refractivity (Wildman–Crippen MR) is 65.8 cm³/mol. The Labute approximate surface area is 99.6 Å². The van der Waals surface area contributed by atoms with E-state index >= 15 is 0 Å². The molecule has 0 atom stereocenters. The van der Waals surface area contributed by atoms with Crippen LogP contribution in [-0.4, -0.2) is 9.97 Å². The predicted octanol–water partition coefficient (Wildman–Crippen LogP) is 2.17. The lowest BCUT2D eigenvalue weighted by Crippen LogP contribution is -2.09. The van der Waals surface area contributed by atoms with Crippen LogP contribution >= 0.6 is 0 Å². The summed E-state index contributed by atoms with van der Waals surface area (Å²) in [6.45, 7) is 4.02. The van der Waals surface area contributed by atoms with E-state index in [-0.39, 0.29) is 0 Å². The standard InChI is InChI=1S/C12H14N4O/c1-8-3-4-10(9(2)5-8)17-12-7-14-6-11(15-12)16-13/h3-7H,13H2,1-2H3,(H,15,16). The van der Waals surface area contributed by atoms with Gasteiger partial charge in [0.05, 0.1) is 12.4 Å². The van der Waals surface area contributed by atoms with Gasteiger partial charge in [0, 0.05) is 0 Å². The third kappa shape index (κ3) is 2.70. The van der Waals surface area contributed by atoms with Crippen molar-refractivity contribution < 1.29 is 4.74 Å². The molecule has 0 fully saturated rings. The smallest absolute Gasteiger partial charge is 0.239 e. The van der Waals surface area contributed by atoms with Crippen LogP contribution in [0, 0.1) is 13.8 Å². The number of hydrazine groups is 1. The number of benzene rings is 1. The van der Waals surface area contributed by atoms with E-state index in [9.17, 15) is 0 Å². The Bertz CT molecular complexity index is 528. The van der Waals surface area contributed by atoms with E-state index in [0.717, 1.165) is 11.3 Å². The quantitative estimate of drug-likeness (QED) is 0.624. The molecule has 1 heterocycles. The largest absolute Gasteiger partial charge is 0.437 e. The molecule has 0 unspecified atom stereocenters. The number of hydrogen-bond acceptors (Lipinski definition) is 5. The lowest BCUT2D eigenvalue weighted by Gasteiger charge is -2.08.